The smallest absolute Gasteiger partial charge is 0.268 e. The zero-order valence-electron chi connectivity index (χ0n) is 14.8. The van der Waals surface area contributed by atoms with Crippen molar-refractivity contribution in [3.63, 3.8) is 0 Å². The van der Waals surface area contributed by atoms with E-state index < -0.39 is 0 Å². The lowest BCUT2D eigenvalue weighted by Crippen LogP contribution is -2.39. The minimum absolute atomic E-state index is 0.0212. The summed E-state index contributed by atoms with van der Waals surface area (Å²) >= 11 is 0. The van der Waals surface area contributed by atoms with E-state index in [0.717, 1.165) is 18.4 Å². The fourth-order valence-electron chi connectivity index (χ4n) is 2.50. The number of rotatable bonds is 7. The quantitative estimate of drug-likeness (QED) is 0.756. The lowest BCUT2D eigenvalue weighted by Gasteiger charge is -2.16. The minimum Gasteiger partial charge on any atom is -0.465 e. The zero-order chi connectivity index (χ0) is 18.2. The molecule has 0 saturated heterocycles. The van der Waals surface area contributed by atoms with Crippen LogP contribution in [0.4, 0.5) is 0 Å². The molecule has 0 aliphatic rings. The highest BCUT2D eigenvalue weighted by molar-refractivity contribution is 6.05. The molecule has 1 aromatic heterocycles. The lowest BCUT2D eigenvalue weighted by molar-refractivity contribution is -0.118. The number of nitrogens with one attached hydrogen (secondary N) is 2. The second-order valence-electron chi connectivity index (χ2n) is 6.01. The van der Waals surface area contributed by atoms with Gasteiger partial charge in [-0.1, -0.05) is 31.5 Å². The molecule has 0 fully saturated rings. The van der Waals surface area contributed by atoms with Crippen LogP contribution in [0.5, 0.6) is 0 Å². The van der Waals surface area contributed by atoms with Crippen molar-refractivity contribution in [3.8, 4) is 0 Å². The Labute approximate surface area is 148 Å². The van der Waals surface area contributed by atoms with Gasteiger partial charge in [0.25, 0.3) is 11.8 Å². The summed E-state index contributed by atoms with van der Waals surface area (Å²) in [6.45, 7) is 5.85. The van der Waals surface area contributed by atoms with E-state index in [2.05, 4.69) is 17.6 Å². The van der Waals surface area contributed by atoms with Crippen LogP contribution in [0, 0.1) is 6.92 Å². The minimum atomic E-state index is -0.334. The topological polar surface area (TPSA) is 71.3 Å². The fourth-order valence-corrected chi connectivity index (χ4v) is 2.50. The maximum atomic E-state index is 12.6. The first kappa shape index (κ1) is 18.5. The van der Waals surface area contributed by atoms with Gasteiger partial charge in [-0.05, 0) is 44.0 Å². The Morgan fingerprint density at radius 2 is 1.96 bits per heavy atom. The first-order valence-corrected chi connectivity index (χ1v) is 8.44. The van der Waals surface area contributed by atoms with Gasteiger partial charge in [-0.3, -0.25) is 9.59 Å². The van der Waals surface area contributed by atoms with Crippen LogP contribution in [0.3, 0.4) is 0 Å². The van der Waals surface area contributed by atoms with Crippen molar-refractivity contribution in [1.29, 1.82) is 0 Å². The van der Waals surface area contributed by atoms with Gasteiger partial charge in [0.15, 0.2) is 0 Å². The average Bonchev–Trinajstić information content (AvgIpc) is 3.07. The summed E-state index contributed by atoms with van der Waals surface area (Å²) < 4.78 is 5.27. The van der Waals surface area contributed by atoms with Crippen molar-refractivity contribution in [2.75, 3.05) is 0 Å². The van der Waals surface area contributed by atoms with Crippen molar-refractivity contribution < 1.29 is 14.0 Å². The van der Waals surface area contributed by atoms with Gasteiger partial charge in [0.05, 0.1) is 6.26 Å². The van der Waals surface area contributed by atoms with E-state index in [-0.39, 0.29) is 23.6 Å². The third-order valence-electron chi connectivity index (χ3n) is 3.81. The summed E-state index contributed by atoms with van der Waals surface area (Å²) in [6, 6.07) is 10.7. The molecular formula is C20H24N2O3. The molecule has 5 heteroatoms. The molecule has 0 radical (unpaired) electrons. The van der Waals surface area contributed by atoms with Crippen molar-refractivity contribution >= 4 is 17.9 Å². The Kier molecular flexibility index (Phi) is 6.57. The van der Waals surface area contributed by atoms with E-state index in [1.807, 2.05) is 26.0 Å². The van der Waals surface area contributed by atoms with Crippen LogP contribution in [-0.4, -0.2) is 17.9 Å². The molecule has 25 heavy (non-hydrogen) atoms. The number of hydrogen-bond acceptors (Lipinski definition) is 3. The van der Waals surface area contributed by atoms with Crippen LogP contribution in [0.2, 0.25) is 0 Å². The Bertz CT molecular complexity index is 748. The third kappa shape index (κ3) is 5.35. The molecular weight excluding hydrogens is 316 g/mol. The lowest BCUT2D eigenvalue weighted by atomic mass is 10.1. The molecule has 0 bridgehead atoms. The van der Waals surface area contributed by atoms with Gasteiger partial charge in [-0.25, -0.2) is 0 Å². The van der Waals surface area contributed by atoms with E-state index in [1.165, 1.54) is 12.3 Å². The third-order valence-corrected chi connectivity index (χ3v) is 3.81. The van der Waals surface area contributed by atoms with Crippen molar-refractivity contribution in [2.45, 2.75) is 39.7 Å². The largest absolute Gasteiger partial charge is 0.465 e. The first-order chi connectivity index (χ1) is 12.0. The van der Waals surface area contributed by atoms with Crippen LogP contribution in [-0.2, 0) is 4.79 Å². The highest BCUT2D eigenvalue weighted by atomic mass is 16.3. The van der Waals surface area contributed by atoms with Gasteiger partial charge in [-0.15, -0.1) is 0 Å². The molecule has 2 amide bonds. The molecule has 0 aliphatic heterocycles. The predicted molar refractivity (Wildman–Crippen MR) is 97.8 cm³/mol. The maximum Gasteiger partial charge on any atom is 0.268 e. The molecule has 0 spiro atoms. The van der Waals surface area contributed by atoms with Crippen molar-refractivity contribution in [1.82, 2.24) is 10.6 Å². The molecule has 5 nitrogen and oxygen atoms in total. The molecule has 1 heterocycles. The van der Waals surface area contributed by atoms with Gasteiger partial charge in [0.2, 0.25) is 0 Å². The van der Waals surface area contributed by atoms with E-state index in [9.17, 15) is 9.59 Å². The Morgan fingerprint density at radius 1 is 1.20 bits per heavy atom. The molecule has 132 valence electrons. The van der Waals surface area contributed by atoms with Gasteiger partial charge >= 0.3 is 0 Å². The highest BCUT2D eigenvalue weighted by Gasteiger charge is 2.17. The molecule has 1 atom stereocenters. The molecule has 1 aromatic carbocycles. The average molecular weight is 340 g/mol. The second kappa shape index (κ2) is 8.87. The predicted octanol–water partition coefficient (Wildman–Crippen LogP) is 3.66. The Balaban J connectivity index is 2.22. The van der Waals surface area contributed by atoms with E-state index in [0.29, 0.717) is 11.3 Å². The standard InChI is InChI=1S/C20H24N2O3/c1-4-8-15(3)21-20(24)18(13-16-10-7-12-25-16)22-19(23)17-11-6-5-9-14(17)2/h5-7,9-13,15H,4,8H2,1-3H3,(H,21,24)(H,22,23)/b18-13-/t15-/m1/s1. The number of furan rings is 1. The summed E-state index contributed by atoms with van der Waals surface area (Å²) in [5.74, 6) is -0.160. The van der Waals surface area contributed by atoms with Gasteiger partial charge in [-0.2, -0.15) is 0 Å². The SMILES string of the molecule is CCC[C@@H](C)NC(=O)/C(=C/c1ccco1)NC(=O)c1ccccc1C. The number of aryl methyl sites for hydroxylation is 1. The van der Waals surface area contributed by atoms with Crippen LogP contribution in [0.25, 0.3) is 6.08 Å². The highest BCUT2D eigenvalue weighted by Crippen LogP contribution is 2.11. The normalized spacial score (nSPS) is 12.5. The Hall–Kier alpha value is -2.82. The number of benzene rings is 1. The molecule has 2 rings (SSSR count). The number of hydrogen-bond donors (Lipinski definition) is 2. The number of carbonyl (C=O) groups excluding carboxylic acids is 2. The maximum absolute atomic E-state index is 12.6. The van der Waals surface area contributed by atoms with Crippen LogP contribution >= 0.6 is 0 Å². The molecule has 0 saturated carbocycles. The van der Waals surface area contributed by atoms with E-state index >= 15 is 0 Å². The monoisotopic (exact) mass is 340 g/mol. The summed E-state index contributed by atoms with van der Waals surface area (Å²) in [5, 5.41) is 5.61. The fraction of sp³-hybridized carbons (Fsp3) is 0.300. The molecule has 2 N–H and O–H groups in total. The van der Waals surface area contributed by atoms with Crippen LogP contribution < -0.4 is 10.6 Å². The van der Waals surface area contributed by atoms with Crippen molar-refractivity contribution in [3.05, 3.63) is 65.2 Å². The van der Waals surface area contributed by atoms with Crippen LogP contribution in [0.15, 0.2) is 52.8 Å². The summed E-state index contributed by atoms with van der Waals surface area (Å²) in [4.78, 5) is 25.1. The zero-order valence-corrected chi connectivity index (χ0v) is 14.8. The molecule has 2 aromatic rings. The summed E-state index contributed by atoms with van der Waals surface area (Å²) in [6.07, 6.45) is 4.88. The van der Waals surface area contributed by atoms with Gasteiger partial charge in [0.1, 0.15) is 11.5 Å². The number of amides is 2. The first-order valence-electron chi connectivity index (χ1n) is 8.44. The second-order valence-corrected chi connectivity index (χ2v) is 6.01. The van der Waals surface area contributed by atoms with Gasteiger partial charge < -0.3 is 15.1 Å². The Morgan fingerprint density at radius 3 is 2.60 bits per heavy atom. The summed E-state index contributed by atoms with van der Waals surface area (Å²) in [7, 11) is 0. The number of carbonyl (C=O) groups is 2. The summed E-state index contributed by atoms with van der Waals surface area (Å²) in [5.41, 5.74) is 1.53. The van der Waals surface area contributed by atoms with E-state index in [4.69, 9.17) is 4.42 Å². The van der Waals surface area contributed by atoms with Crippen molar-refractivity contribution in [2.24, 2.45) is 0 Å². The van der Waals surface area contributed by atoms with Crippen LogP contribution in [0.1, 0.15) is 48.4 Å². The van der Waals surface area contributed by atoms with E-state index in [1.54, 1.807) is 24.3 Å². The molecule has 0 aliphatic carbocycles. The van der Waals surface area contributed by atoms with Gasteiger partial charge in [0, 0.05) is 17.7 Å². The molecule has 0 unspecified atom stereocenters.